The summed E-state index contributed by atoms with van der Waals surface area (Å²) in [5.74, 6) is -1.40. The number of thiocarbonyl (C=S) groups is 1. The molecule has 0 aliphatic carbocycles. The van der Waals surface area contributed by atoms with Gasteiger partial charge < -0.3 is 5.73 Å². The Labute approximate surface area is 74.2 Å². The van der Waals surface area contributed by atoms with Crippen LogP contribution in [0.1, 0.15) is 11.1 Å². The van der Waals surface area contributed by atoms with Crippen molar-refractivity contribution in [2.24, 2.45) is 5.73 Å². The van der Waals surface area contributed by atoms with Crippen molar-refractivity contribution in [2.75, 3.05) is 0 Å². The molecule has 0 amide bonds. The first-order valence-corrected chi connectivity index (χ1v) is 3.69. The van der Waals surface area contributed by atoms with Gasteiger partial charge in [-0.1, -0.05) is 18.3 Å². The van der Waals surface area contributed by atoms with Crippen LogP contribution in [-0.2, 0) is 0 Å². The molecule has 64 valence electrons. The monoisotopic (exact) mass is 187 g/mol. The normalized spacial score (nSPS) is 9.92. The first kappa shape index (κ1) is 9.06. The van der Waals surface area contributed by atoms with Crippen LogP contribution in [0.25, 0.3) is 0 Å². The lowest BCUT2D eigenvalue weighted by atomic mass is 10.1. The standard InChI is InChI=1S/C8H7F2NS/c1-4-2-3-5(9)6(7(4)10)8(11)12/h2-3H,1H3,(H2,11,12). The fourth-order valence-corrected chi connectivity index (χ4v) is 1.07. The molecule has 0 unspecified atom stereocenters. The molecule has 0 bridgehead atoms. The molecule has 0 saturated carbocycles. The van der Waals surface area contributed by atoms with Gasteiger partial charge in [-0.25, -0.2) is 8.78 Å². The van der Waals surface area contributed by atoms with Crippen LogP contribution in [0.15, 0.2) is 12.1 Å². The second-order valence-electron chi connectivity index (χ2n) is 2.42. The van der Waals surface area contributed by atoms with Crippen LogP contribution in [-0.4, -0.2) is 4.99 Å². The SMILES string of the molecule is Cc1ccc(F)c(C(N)=S)c1F. The van der Waals surface area contributed by atoms with E-state index >= 15 is 0 Å². The Morgan fingerprint density at radius 3 is 2.42 bits per heavy atom. The van der Waals surface area contributed by atoms with E-state index in [2.05, 4.69) is 12.2 Å². The van der Waals surface area contributed by atoms with Crippen molar-refractivity contribution in [3.8, 4) is 0 Å². The number of halogens is 2. The molecule has 0 aliphatic rings. The van der Waals surface area contributed by atoms with Gasteiger partial charge in [-0.05, 0) is 18.6 Å². The lowest BCUT2D eigenvalue weighted by Gasteiger charge is -2.04. The van der Waals surface area contributed by atoms with Gasteiger partial charge in [0.25, 0.3) is 0 Å². The quantitative estimate of drug-likeness (QED) is 0.679. The molecular formula is C8H7F2NS. The van der Waals surface area contributed by atoms with Gasteiger partial charge in [-0.3, -0.25) is 0 Å². The molecule has 0 heterocycles. The molecule has 12 heavy (non-hydrogen) atoms. The van der Waals surface area contributed by atoms with Crippen molar-refractivity contribution in [3.05, 3.63) is 34.9 Å². The Morgan fingerprint density at radius 2 is 2.00 bits per heavy atom. The van der Waals surface area contributed by atoms with Crippen LogP contribution in [0.5, 0.6) is 0 Å². The molecule has 0 fully saturated rings. The third-order valence-electron chi connectivity index (χ3n) is 1.53. The molecule has 0 aromatic heterocycles. The molecule has 0 aliphatic heterocycles. The van der Waals surface area contributed by atoms with Crippen molar-refractivity contribution < 1.29 is 8.78 Å². The fraction of sp³-hybridized carbons (Fsp3) is 0.125. The number of aryl methyl sites for hydroxylation is 1. The van der Waals surface area contributed by atoms with Gasteiger partial charge in [0, 0.05) is 0 Å². The maximum Gasteiger partial charge on any atom is 0.139 e. The maximum absolute atomic E-state index is 13.1. The lowest BCUT2D eigenvalue weighted by Crippen LogP contribution is -2.14. The van der Waals surface area contributed by atoms with Crippen LogP contribution in [0.4, 0.5) is 8.78 Å². The summed E-state index contributed by atoms with van der Waals surface area (Å²) in [7, 11) is 0. The molecule has 1 nitrogen and oxygen atoms in total. The Hall–Kier alpha value is -1.03. The number of rotatable bonds is 1. The summed E-state index contributed by atoms with van der Waals surface area (Å²) in [6, 6.07) is 2.49. The highest BCUT2D eigenvalue weighted by Gasteiger charge is 2.12. The highest BCUT2D eigenvalue weighted by molar-refractivity contribution is 7.80. The predicted molar refractivity (Wildman–Crippen MR) is 47.0 cm³/mol. The van der Waals surface area contributed by atoms with Crippen molar-refractivity contribution in [1.82, 2.24) is 0 Å². The van der Waals surface area contributed by atoms with Crippen molar-refractivity contribution in [1.29, 1.82) is 0 Å². The van der Waals surface area contributed by atoms with E-state index in [4.69, 9.17) is 5.73 Å². The second kappa shape index (κ2) is 3.15. The zero-order valence-corrected chi connectivity index (χ0v) is 7.21. The highest BCUT2D eigenvalue weighted by atomic mass is 32.1. The van der Waals surface area contributed by atoms with E-state index in [0.29, 0.717) is 5.56 Å². The first-order valence-electron chi connectivity index (χ1n) is 3.28. The van der Waals surface area contributed by atoms with Crippen LogP contribution < -0.4 is 5.73 Å². The Morgan fingerprint density at radius 1 is 1.42 bits per heavy atom. The van der Waals surface area contributed by atoms with E-state index in [0.717, 1.165) is 6.07 Å². The zero-order chi connectivity index (χ0) is 9.30. The van der Waals surface area contributed by atoms with Gasteiger partial charge in [0.1, 0.15) is 16.6 Å². The number of hydrogen-bond acceptors (Lipinski definition) is 1. The van der Waals surface area contributed by atoms with E-state index in [9.17, 15) is 8.78 Å². The van der Waals surface area contributed by atoms with Crippen LogP contribution in [0.3, 0.4) is 0 Å². The van der Waals surface area contributed by atoms with Crippen molar-refractivity contribution in [2.45, 2.75) is 6.92 Å². The maximum atomic E-state index is 13.1. The first-order chi connectivity index (χ1) is 5.54. The minimum absolute atomic E-state index is 0.256. The summed E-state index contributed by atoms with van der Waals surface area (Å²) >= 11 is 4.49. The predicted octanol–water partition coefficient (Wildman–Crippen LogP) is 1.91. The lowest BCUT2D eigenvalue weighted by molar-refractivity contribution is 0.573. The fourth-order valence-electron chi connectivity index (χ4n) is 0.883. The summed E-state index contributed by atoms with van der Waals surface area (Å²) in [6.45, 7) is 1.52. The average Bonchev–Trinajstić information content (AvgIpc) is 1.97. The van der Waals surface area contributed by atoms with Crippen LogP contribution in [0, 0.1) is 18.6 Å². The van der Waals surface area contributed by atoms with Gasteiger partial charge in [0.2, 0.25) is 0 Å². The minimum Gasteiger partial charge on any atom is -0.389 e. The minimum atomic E-state index is -0.717. The van der Waals surface area contributed by atoms with Crippen molar-refractivity contribution >= 4 is 17.2 Å². The summed E-state index contributed by atoms with van der Waals surface area (Å²) in [6.07, 6.45) is 0. The molecular weight excluding hydrogens is 180 g/mol. The molecule has 0 radical (unpaired) electrons. The molecule has 4 heteroatoms. The molecule has 0 atom stereocenters. The van der Waals surface area contributed by atoms with E-state index in [1.165, 1.54) is 13.0 Å². The van der Waals surface area contributed by atoms with E-state index in [-0.39, 0.29) is 10.6 Å². The molecule has 1 aromatic rings. The zero-order valence-electron chi connectivity index (χ0n) is 6.40. The average molecular weight is 187 g/mol. The summed E-state index contributed by atoms with van der Waals surface area (Å²) in [5.41, 5.74) is 5.17. The second-order valence-corrected chi connectivity index (χ2v) is 2.86. The smallest absolute Gasteiger partial charge is 0.139 e. The topological polar surface area (TPSA) is 26.0 Å². The molecule has 0 saturated heterocycles. The van der Waals surface area contributed by atoms with Gasteiger partial charge in [-0.15, -0.1) is 0 Å². The Balaban J connectivity index is 3.43. The van der Waals surface area contributed by atoms with Crippen LogP contribution >= 0.6 is 12.2 Å². The van der Waals surface area contributed by atoms with E-state index < -0.39 is 11.6 Å². The highest BCUT2D eigenvalue weighted by Crippen LogP contribution is 2.15. The van der Waals surface area contributed by atoms with Crippen LogP contribution in [0.2, 0.25) is 0 Å². The largest absolute Gasteiger partial charge is 0.389 e. The molecule has 2 N–H and O–H groups in total. The van der Waals surface area contributed by atoms with E-state index in [1.54, 1.807) is 0 Å². The summed E-state index contributed by atoms with van der Waals surface area (Å²) in [5, 5.41) is 0. The molecule has 0 spiro atoms. The van der Waals surface area contributed by atoms with E-state index in [1.807, 2.05) is 0 Å². The van der Waals surface area contributed by atoms with Crippen molar-refractivity contribution in [3.63, 3.8) is 0 Å². The molecule has 1 aromatic carbocycles. The Kier molecular flexibility index (Phi) is 2.38. The van der Waals surface area contributed by atoms with Gasteiger partial charge in [0.05, 0.1) is 5.56 Å². The number of nitrogens with two attached hydrogens (primary N) is 1. The molecule has 1 rings (SSSR count). The number of benzene rings is 1. The Bertz CT molecular complexity index is 336. The third kappa shape index (κ3) is 1.43. The van der Waals surface area contributed by atoms with Gasteiger partial charge in [0.15, 0.2) is 0 Å². The van der Waals surface area contributed by atoms with Gasteiger partial charge >= 0.3 is 0 Å². The summed E-state index contributed by atoms with van der Waals surface area (Å²) < 4.78 is 26.0. The number of hydrogen-bond donors (Lipinski definition) is 1. The summed E-state index contributed by atoms with van der Waals surface area (Å²) in [4.78, 5) is -0.256. The van der Waals surface area contributed by atoms with Gasteiger partial charge in [-0.2, -0.15) is 0 Å². The third-order valence-corrected chi connectivity index (χ3v) is 1.73.